The Balaban J connectivity index is 2.04. The van der Waals surface area contributed by atoms with Gasteiger partial charge in [0.2, 0.25) is 0 Å². The van der Waals surface area contributed by atoms with E-state index in [2.05, 4.69) is 39.1 Å². The molecule has 0 unspecified atom stereocenters. The molecule has 0 radical (unpaired) electrons. The van der Waals surface area contributed by atoms with Gasteiger partial charge in [0.05, 0.1) is 16.8 Å². The van der Waals surface area contributed by atoms with E-state index < -0.39 is 0 Å². The van der Waals surface area contributed by atoms with Crippen molar-refractivity contribution >= 4 is 27.3 Å². The maximum Gasteiger partial charge on any atom is 0.0972 e. The lowest BCUT2D eigenvalue weighted by molar-refractivity contribution is 0.948. The summed E-state index contributed by atoms with van der Waals surface area (Å²) in [6.07, 6.45) is 2.15. The molecule has 0 amide bonds. The predicted octanol–water partition coefficient (Wildman–Crippen LogP) is 3.95. The molecular formula is C13H11BrN2S. The summed E-state index contributed by atoms with van der Waals surface area (Å²) in [6.45, 7) is 0. The number of thiazole rings is 1. The zero-order valence-electron chi connectivity index (χ0n) is 9.19. The number of aryl methyl sites for hydroxylation is 1. The van der Waals surface area contributed by atoms with Crippen LogP contribution in [0.1, 0.15) is 22.7 Å². The van der Waals surface area contributed by atoms with Crippen LogP contribution in [0.25, 0.3) is 0 Å². The number of nitrogens with zero attached hydrogens (tertiary/aromatic N) is 2. The molecule has 0 saturated carbocycles. The first-order valence-electron chi connectivity index (χ1n) is 5.32. The summed E-state index contributed by atoms with van der Waals surface area (Å²) < 4.78 is 1.09. The van der Waals surface area contributed by atoms with Gasteiger partial charge >= 0.3 is 0 Å². The molecule has 0 aliphatic carbocycles. The van der Waals surface area contributed by atoms with Gasteiger partial charge in [-0.3, -0.25) is 0 Å². The van der Waals surface area contributed by atoms with E-state index in [0.29, 0.717) is 6.42 Å². The molecule has 0 spiro atoms. The molecule has 0 N–H and O–H groups in total. The summed E-state index contributed by atoms with van der Waals surface area (Å²) >= 11 is 5.13. The van der Waals surface area contributed by atoms with Gasteiger partial charge in [0.1, 0.15) is 0 Å². The highest BCUT2D eigenvalue weighted by Crippen LogP contribution is 2.18. The van der Waals surface area contributed by atoms with E-state index in [4.69, 9.17) is 5.26 Å². The van der Waals surface area contributed by atoms with Crippen LogP contribution in [0.3, 0.4) is 0 Å². The largest absolute Gasteiger partial charge is 0.246 e. The van der Waals surface area contributed by atoms with Crippen molar-refractivity contribution in [1.29, 1.82) is 5.26 Å². The number of hydrogen-bond acceptors (Lipinski definition) is 3. The van der Waals surface area contributed by atoms with E-state index in [9.17, 15) is 0 Å². The van der Waals surface area contributed by atoms with E-state index in [-0.39, 0.29) is 0 Å². The molecule has 1 aromatic carbocycles. The zero-order valence-corrected chi connectivity index (χ0v) is 11.6. The Bertz CT molecular complexity index is 542. The lowest BCUT2D eigenvalue weighted by Crippen LogP contribution is -1.89. The van der Waals surface area contributed by atoms with Gasteiger partial charge in [-0.05, 0) is 17.7 Å². The molecule has 0 aliphatic heterocycles. The maximum atomic E-state index is 8.52. The van der Waals surface area contributed by atoms with Gasteiger partial charge in [-0.15, -0.1) is 11.3 Å². The first-order chi connectivity index (χ1) is 8.28. The van der Waals surface area contributed by atoms with E-state index in [1.807, 2.05) is 17.5 Å². The van der Waals surface area contributed by atoms with E-state index in [1.54, 1.807) is 11.3 Å². The molecular weight excluding hydrogens is 296 g/mol. The van der Waals surface area contributed by atoms with Gasteiger partial charge in [0, 0.05) is 29.1 Å². The highest BCUT2D eigenvalue weighted by molar-refractivity contribution is 9.10. The molecule has 2 aromatic rings. The second-order valence-electron chi connectivity index (χ2n) is 3.70. The van der Waals surface area contributed by atoms with Gasteiger partial charge in [0.25, 0.3) is 0 Å². The Morgan fingerprint density at radius 2 is 2.29 bits per heavy atom. The molecule has 0 atom stereocenters. The molecule has 17 heavy (non-hydrogen) atoms. The lowest BCUT2D eigenvalue weighted by atomic mass is 10.2. The van der Waals surface area contributed by atoms with E-state index >= 15 is 0 Å². The normalized spacial score (nSPS) is 10.1. The van der Waals surface area contributed by atoms with Crippen molar-refractivity contribution in [1.82, 2.24) is 4.98 Å². The quantitative estimate of drug-likeness (QED) is 0.857. The molecule has 2 nitrogen and oxygen atoms in total. The van der Waals surface area contributed by atoms with Crippen LogP contribution in [0.4, 0.5) is 0 Å². The van der Waals surface area contributed by atoms with E-state index in [0.717, 1.165) is 28.0 Å². The third-order valence-corrected chi connectivity index (χ3v) is 3.73. The first kappa shape index (κ1) is 12.3. The van der Waals surface area contributed by atoms with Crippen LogP contribution in [0, 0.1) is 11.3 Å². The van der Waals surface area contributed by atoms with Crippen LogP contribution in [0.2, 0.25) is 0 Å². The minimum absolute atomic E-state index is 0.542. The second kappa shape index (κ2) is 5.95. The van der Waals surface area contributed by atoms with Crippen molar-refractivity contribution in [3.63, 3.8) is 0 Å². The van der Waals surface area contributed by atoms with E-state index in [1.165, 1.54) is 5.56 Å². The third kappa shape index (κ3) is 3.65. The number of benzene rings is 1. The van der Waals surface area contributed by atoms with Gasteiger partial charge in [-0.1, -0.05) is 28.1 Å². The van der Waals surface area contributed by atoms with Crippen LogP contribution >= 0.6 is 27.3 Å². The fourth-order valence-corrected chi connectivity index (χ4v) is 2.86. The molecule has 0 aliphatic rings. The predicted molar refractivity (Wildman–Crippen MR) is 73.0 cm³/mol. The Hall–Kier alpha value is -1.18. The van der Waals surface area contributed by atoms with Crippen LogP contribution in [0.15, 0.2) is 34.1 Å². The number of rotatable bonds is 4. The van der Waals surface area contributed by atoms with Crippen molar-refractivity contribution in [3.05, 3.63) is 50.4 Å². The number of halogens is 1. The van der Waals surface area contributed by atoms with Crippen LogP contribution in [-0.4, -0.2) is 4.98 Å². The van der Waals surface area contributed by atoms with Crippen LogP contribution < -0.4 is 0 Å². The highest BCUT2D eigenvalue weighted by atomic mass is 79.9. The van der Waals surface area contributed by atoms with Crippen molar-refractivity contribution < 1.29 is 0 Å². The third-order valence-electron chi connectivity index (χ3n) is 2.34. The highest BCUT2D eigenvalue weighted by Gasteiger charge is 2.03. The average molecular weight is 307 g/mol. The summed E-state index contributed by atoms with van der Waals surface area (Å²) in [5.74, 6) is 0. The molecule has 0 saturated heterocycles. The SMILES string of the molecule is N#CCCc1csc(Cc2cccc(Br)c2)n1. The minimum atomic E-state index is 0.542. The molecule has 1 aromatic heterocycles. The number of nitriles is 1. The smallest absolute Gasteiger partial charge is 0.0972 e. The Morgan fingerprint density at radius 1 is 1.41 bits per heavy atom. The Morgan fingerprint density at radius 3 is 3.06 bits per heavy atom. The fourth-order valence-electron chi connectivity index (χ4n) is 1.55. The van der Waals surface area contributed by atoms with Gasteiger partial charge in [0.15, 0.2) is 0 Å². The number of aromatic nitrogens is 1. The van der Waals surface area contributed by atoms with Crippen molar-refractivity contribution in [3.8, 4) is 6.07 Å². The van der Waals surface area contributed by atoms with Crippen LogP contribution in [0.5, 0.6) is 0 Å². The van der Waals surface area contributed by atoms with Crippen molar-refractivity contribution in [2.45, 2.75) is 19.3 Å². The summed E-state index contributed by atoms with van der Waals surface area (Å²) in [7, 11) is 0. The first-order valence-corrected chi connectivity index (χ1v) is 7.00. The lowest BCUT2D eigenvalue weighted by Gasteiger charge is -1.98. The molecule has 0 bridgehead atoms. The Kier molecular flexibility index (Phi) is 4.29. The summed E-state index contributed by atoms with van der Waals surface area (Å²) in [5.41, 5.74) is 2.28. The summed E-state index contributed by atoms with van der Waals surface area (Å²) in [6, 6.07) is 10.4. The zero-order chi connectivity index (χ0) is 12.1. The summed E-state index contributed by atoms with van der Waals surface area (Å²) in [5, 5.41) is 11.7. The molecule has 86 valence electrons. The number of hydrogen-bond donors (Lipinski definition) is 0. The molecule has 0 fully saturated rings. The summed E-state index contributed by atoms with van der Waals surface area (Å²) in [4.78, 5) is 4.52. The Labute approximate surface area is 113 Å². The standard InChI is InChI=1S/C13H11BrN2S/c14-11-4-1-3-10(7-11)8-13-16-12(9-17-13)5-2-6-15/h1,3-4,7,9H,2,5,8H2. The molecule has 1 heterocycles. The van der Waals surface area contributed by atoms with Gasteiger partial charge in [-0.2, -0.15) is 5.26 Å². The van der Waals surface area contributed by atoms with Gasteiger partial charge in [-0.25, -0.2) is 4.98 Å². The molecule has 2 rings (SSSR count). The van der Waals surface area contributed by atoms with Crippen molar-refractivity contribution in [2.24, 2.45) is 0 Å². The molecule has 4 heteroatoms. The van der Waals surface area contributed by atoms with Crippen molar-refractivity contribution in [2.75, 3.05) is 0 Å². The fraction of sp³-hybridized carbons (Fsp3) is 0.231. The minimum Gasteiger partial charge on any atom is -0.246 e. The second-order valence-corrected chi connectivity index (χ2v) is 5.56. The topological polar surface area (TPSA) is 36.7 Å². The maximum absolute atomic E-state index is 8.52. The monoisotopic (exact) mass is 306 g/mol. The van der Waals surface area contributed by atoms with Gasteiger partial charge < -0.3 is 0 Å². The van der Waals surface area contributed by atoms with Crippen LogP contribution in [-0.2, 0) is 12.8 Å². The average Bonchev–Trinajstić information content (AvgIpc) is 2.74.